The van der Waals surface area contributed by atoms with Crippen LogP contribution in [0.4, 0.5) is 0 Å². The molecule has 0 heterocycles. The number of benzene rings is 1. The van der Waals surface area contributed by atoms with Gasteiger partial charge in [0.05, 0.1) is 0 Å². The minimum absolute atomic E-state index is 0.837. The van der Waals surface area contributed by atoms with E-state index in [1.54, 1.807) is 0 Å². The first kappa shape index (κ1) is 12.0. The lowest BCUT2D eigenvalue weighted by Gasteiger charge is -2.24. The quantitative estimate of drug-likeness (QED) is 0.788. The zero-order valence-electron chi connectivity index (χ0n) is 9.36. The highest BCUT2D eigenvalue weighted by Crippen LogP contribution is 2.04. The number of hydrogen-bond acceptors (Lipinski definition) is 1. The number of hydrogen-bond donors (Lipinski definition) is 1. The molecule has 0 aliphatic rings. The van der Waals surface area contributed by atoms with Crippen molar-refractivity contribution in [3.8, 4) is 0 Å². The Labute approximate surface area is 97.3 Å². The highest BCUT2D eigenvalue weighted by atomic mass is 32.1. The van der Waals surface area contributed by atoms with Crippen molar-refractivity contribution in [1.29, 1.82) is 0 Å². The molecule has 0 aromatic heterocycles. The lowest BCUT2D eigenvalue weighted by molar-refractivity contribution is 0.428. The van der Waals surface area contributed by atoms with Gasteiger partial charge >= 0.3 is 0 Å². The molecule has 0 saturated heterocycles. The fourth-order valence-corrected chi connectivity index (χ4v) is 1.73. The summed E-state index contributed by atoms with van der Waals surface area (Å²) in [6.45, 7) is 6.86. The lowest BCUT2D eigenvalue weighted by atomic mass is 10.2. The van der Waals surface area contributed by atoms with Gasteiger partial charge in [0, 0.05) is 19.6 Å². The van der Waals surface area contributed by atoms with Gasteiger partial charge in [0.25, 0.3) is 0 Å². The van der Waals surface area contributed by atoms with Gasteiger partial charge < -0.3 is 10.2 Å². The van der Waals surface area contributed by atoms with E-state index in [1.807, 2.05) is 6.07 Å². The summed E-state index contributed by atoms with van der Waals surface area (Å²) in [5, 5.41) is 4.01. The van der Waals surface area contributed by atoms with Gasteiger partial charge in [0.2, 0.25) is 0 Å². The third-order valence-electron chi connectivity index (χ3n) is 2.21. The molecule has 82 valence electrons. The third kappa shape index (κ3) is 3.88. The van der Waals surface area contributed by atoms with Gasteiger partial charge in [-0.25, -0.2) is 0 Å². The first-order chi connectivity index (χ1) is 7.27. The second-order valence-corrected chi connectivity index (χ2v) is 3.72. The van der Waals surface area contributed by atoms with E-state index in [2.05, 4.69) is 48.3 Å². The molecule has 1 aromatic carbocycles. The van der Waals surface area contributed by atoms with Crippen molar-refractivity contribution < 1.29 is 0 Å². The molecule has 0 atom stereocenters. The van der Waals surface area contributed by atoms with Crippen LogP contribution < -0.4 is 5.32 Å². The second-order valence-electron chi connectivity index (χ2n) is 3.34. The summed E-state index contributed by atoms with van der Waals surface area (Å²) in [4.78, 5) is 2.16. The van der Waals surface area contributed by atoms with Crippen molar-refractivity contribution in [3.05, 3.63) is 35.9 Å². The summed E-state index contributed by atoms with van der Waals surface area (Å²) < 4.78 is 0. The molecule has 0 fully saturated rings. The van der Waals surface area contributed by atoms with Crippen LogP contribution in [0.15, 0.2) is 30.3 Å². The maximum absolute atomic E-state index is 5.29. The van der Waals surface area contributed by atoms with Crippen molar-refractivity contribution in [2.75, 3.05) is 13.1 Å². The Morgan fingerprint density at radius 1 is 1.27 bits per heavy atom. The predicted octanol–water partition coefficient (Wildman–Crippen LogP) is 2.40. The first-order valence-electron chi connectivity index (χ1n) is 5.34. The van der Waals surface area contributed by atoms with Crippen LogP contribution in [0.25, 0.3) is 0 Å². The van der Waals surface area contributed by atoms with Gasteiger partial charge in [-0.15, -0.1) is 0 Å². The molecule has 0 amide bonds. The summed E-state index contributed by atoms with van der Waals surface area (Å²) in [6.07, 6.45) is 0. The Bertz CT molecular complexity index is 298. The van der Waals surface area contributed by atoms with E-state index in [0.29, 0.717) is 0 Å². The van der Waals surface area contributed by atoms with Crippen LogP contribution in [0.1, 0.15) is 19.4 Å². The minimum atomic E-state index is 0.837. The standard InChI is InChI=1S/C12H18N2S/c1-3-13-12(15)14(4-2)10-11-8-6-5-7-9-11/h5-9H,3-4,10H2,1-2H3,(H,13,15). The Hall–Kier alpha value is -1.09. The Kier molecular flexibility index (Phi) is 5.12. The van der Waals surface area contributed by atoms with Crippen LogP contribution in [0.3, 0.4) is 0 Å². The van der Waals surface area contributed by atoms with E-state index >= 15 is 0 Å². The molecule has 0 bridgehead atoms. The van der Waals surface area contributed by atoms with E-state index < -0.39 is 0 Å². The number of nitrogens with zero attached hydrogens (tertiary/aromatic N) is 1. The van der Waals surface area contributed by atoms with Crippen molar-refractivity contribution >= 4 is 17.3 Å². The monoisotopic (exact) mass is 222 g/mol. The summed E-state index contributed by atoms with van der Waals surface area (Å²) in [6, 6.07) is 10.4. The van der Waals surface area contributed by atoms with E-state index in [-0.39, 0.29) is 0 Å². The number of rotatable bonds is 4. The van der Waals surface area contributed by atoms with Crippen LogP contribution in [-0.4, -0.2) is 23.1 Å². The highest BCUT2D eigenvalue weighted by molar-refractivity contribution is 7.80. The second kappa shape index (κ2) is 6.40. The molecule has 0 aliphatic heterocycles. The third-order valence-corrected chi connectivity index (χ3v) is 2.62. The maximum Gasteiger partial charge on any atom is 0.169 e. The predicted molar refractivity (Wildman–Crippen MR) is 68.8 cm³/mol. The average Bonchev–Trinajstić information content (AvgIpc) is 2.27. The van der Waals surface area contributed by atoms with Gasteiger partial charge in [-0.3, -0.25) is 0 Å². The van der Waals surface area contributed by atoms with Crippen LogP contribution in [-0.2, 0) is 6.54 Å². The normalized spacial score (nSPS) is 9.73. The highest BCUT2D eigenvalue weighted by Gasteiger charge is 2.06. The molecule has 0 spiro atoms. The zero-order valence-corrected chi connectivity index (χ0v) is 10.2. The average molecular weight is 222 g/mol. The first-order valence-corrected chi connectivity index (χ1v) is 5.75. The smallest absolute Gasteiger partial charge is 0.169 e. The molecule has 0 saturated carbocycles. The van der Waals surface area contributed by atoms with Crippen molar-refractivity contribution in [2.24, 2.45) is 0 Å². The molecule has 1 aromatic rings. The van der Waals surface area contributed by atoms with E-state index in [9.17, 15) is 0 Å². The Balaban J connectivity index is 2.58. The fourth-order valence-electron chi connectivity index (χ4n) is 1.39. The molecule has 0 unspecified atom stereocenters. The topological polar surface area (TPSA) is 15.3 Å². The van der Waals surface area contributed by atoms with E-state index in [4.69, 9.17) is 12.2 Å². The van der Waals surface area contributed by atoms with E-state index in [1.165, 1.54) is 5.56 Å². The molecule has 15 heavy (non-hydrogen) atoms. The molecule has 0 aliphatic carbocycles. The van der Waals surface area contributed by atoms with Crippen LogP contribution in [0, 0.1) is 0 Å². The fraction of sp³-hybridized carbons (Fsp3) is 0.417. The molecular weight excluding hydrogens is 204 g/mol. The van der Waals surface area contributed by atoms with Crippen molar-refractivity contribution in [3.63, 3.8) is 0 Å². The Morgan fingerprint density at radius 3 is 2.47 bits per heavy atom. The summed E-state index contributed by atoms with van der Waals surface area (Å²) in [7, 11) is 0. The van der Waals surface area contributed by atoms with Gasteiger partial charge in [0.1, 0.15) is 0 Å². The summed E-state index contributed by atoms with van der Waals surface area (Å²) in [5.41, 5.74) is 1.29. The van der Waals surface area contributed by atoms with Crippen LogP contribution in [0.5, 0.6) is 0 Å². The zero-order chi connectivity index (χ0) is 11.1. The van der Waals surface area contributed by atoms with E-state index in [0.717, 1.165) is 24.7 Å². The van der Waals surface area contributed by atoms with Gasteiger partial charge in [-0.2, -0.15) is 0 Å². The lowest BCUT2D eigenvalue weighted by Crippen LogP contribution is -2.38. The molecule has 3 heteroatoms. The van der Waals surface area contributed by atoms with Gasteiger partial charge in [0.15, 0.2) is 5.11 Å². The van der Waals surface area contributed by atoms with Crippen LogP contribution in [0.2, 0.25) is 0 Å². The SMILES string of the molecule is CCNC(=S)N(CC)Cc1ccccc1. The number of nitrogens with one attached hydrogen (secondary N) is 1. The Morgan fingerprint density at radius 2 is 1.93 bits per heavy atom. The molecule has 1 N–H and O–H groups in total. The van der Waals surface area contributed by atoms with Crippen molar-refractivity contribution in [1.82, 2.24) is 10.2 Å². The van der Waals surface area contributed by atoms with Gasteiger partial charge in [-0.05, 0) is 31.6 Å². The maximum atomic E-state index is 5.29. The largest absolute Gasteiger partial charge is 0.363 e. The molecular formula is C12H18N2S. The minimum Gasteiger partial charge on any atom is -0.363 e. The number of thiocarbonyl (C=S) groups is 1. The van der Waals surface area contributed by atoms with Crippen molar-refractivity contribution in [2.45, 2.75) is 20.4 Å². The summed E-state index contributed by atoms with van der Waals surface area (Å²) >= 11 is 5.29. The summed E-state index contributed by atoms with van der Waals surface area (Å²) in [5.74, 6) is 0. The molecule has 2 nitrogen and oxygen atoms in total. The molecule has 1 rings (SSSR count). The molecule has 0 radical (unpaired) electrons. The van der Waals surface area contributed by atoms with Crippen LogP contribution >= 0.6 is 12.2 Å². The van der Waals surface area contributed by atoms with Gasteiger partial charge in [-0.1, -0.05) is 30.3 Å².